The Kier molecular flexibility index (Phi) is 10.2. The SMILES string of the molecule is CCCCN(Cc1cccn1Cc1cccc(C)c1)C(=O)CN(CCC)C(=O)c1ccc(Br)cc1. The van der Waals surface area contributed by atoms with Crippen molar-refractivity contribution in [3.05, 3.63) is 93.7 Å². The molecule has 5 nitrogen and oxygen atoms in total. The predicted octanol–water partition coefficient (Wildman–Crippen LogP) is 6.29. The van der Waals surface area contributed by atoms with Gasteiger partial charge in [0.2, 0.25) is 5.91 Å². The molecule has 186 valence electrons. The van der Waals surface area contributed by atoms with E-state index in [4.69, 9.17) is 0 Å². The summed E-state index contributed by atoms with van der Waals surface area (Å²) in [5.74, 6) is -0.119. The second kappa shape index (κ2) is 13.3. The summed E-state index contributed by atoms with van der Waals surface area (Å²) in [6.45, 7) is 8.87. The zero-order valence-corrected chi connectivity index (χ0v) is 22.6. The van der Waals surface area contributed by atoms with Crippen LogP contribution in [0.3, 0.4) is 0 Å². The molecule has 3 rings (SSSR count). The average molecular weight is 539 g/mol. The number of nitrogens with zero attached hydrogens (tertiary/aromatic N) is 3. The van der Waals surface area contributed by atoms with E-state index >= 15 is 0 Å². The van der Waals surface area contributed by atoms with Crippen molar-refractivity contribution in [3.63, 3.8) is 0 Å². The largest absolute Gasteiger partial charge is 0.345 e. The number of benzene rings is 2. The Morgan fingerprint density at radius 2 is 1.69 bits per heavy atom. The third kappa shape index (κ3) is 7.82. The molecule has 1 aromatic heterocycles. The van der Waals surface area contributed by atoms with Crippen LogP contribution in [0.2, 0.25) is 0 Å². The molecule has 2 amide bonds. The maximum absolute atomic E-state index is 13.5. The summed E-state index contributed by atoms with van der Waals surface area (Å²) in [5.41, 5.74) is 4.17. The van der Waals surface area contributed by atoms with Gasteiger partial charge in [0, 0.05) is 41.6 Å². The number of aromatic nitrogens is 1. The third-order valence-corrected chi connectivity index (χ3v) is 6.57. The zero-order chi connectivity index (χ0) is 25.2. The molecule has 0 spiro atoms. The molecular formula is C29H36BrN3O2. The van der Waals surface area contributed by atoms with E-state index in [9.17, 15) is 9.59 Å². The molecular weight excluding hydrogens is 502 g/mol. The number of unbranched alkanes of at least 4 members (excludes halogenated alkanes) is 1. The van der Waals surface area contributed by atoms with E-state index in [1.165, 1.54) is 11.1 Å². The van der Waals surface area contributed by atoms with Crippen molar-refractivity contribution >= 4 is 27.7 Å². The Balaban J connectivity index is 1.74. The Labute approximate surface area is 217 Å². The van der Waals surface area contributed by atoms with Crippen LogP contribution in [0.1, 0.15) is 60.3 Å². The Morgan fingerprint density at radius 1 is 0.914 bits per heavy atom. The summed E-state index contributed by atoms with van der Waals surface area (Å²) in [6, 6.07) is 19.9. The van der Waals surface area contributed by atoms with Gasteiger partial charge in [0.1, 0.15) is 6.54 Å². The van der Waals surface area contributed by atoms with Gasteiger partial charge in [0.25, 0.3) is 5.91 Å². The Hall–Kier alpha value is -2.86. The smallest absolute Gasteiger partial charge is 0.254 e. The summed E-state index contributed by atoms with van der Waals surface area (Å²) >= 11 is 3.42. The first-order chi connectivity index (χ1) is 16.9. The van der Waals surface area contributed by atoms with Crippen LogP contribution in [0.5, 0.6) is 0 Å². The van der Waals surface area contributed by atoms with Crippen molar-refractivity contribution in [2.24, 2.45) is 0 Å². The van der Waals surface area contributed by atoms with Crippen LogP contribution in [0.15, 0.2) is 71.3 Å². The molecule has 2 aromatic carbocycles. The van der Waals surface area contributed by atoms with Gasteiger partial charge in [0.15, 0.2) is 0 Å². The van der Waals surface area contributed by atoms with Gasteiger partial charge < -0.3 is 14.4 Å². The van der Waals surface area contributed by atoms with Crippen molar-refractivity contribution in [1.82, 2.24) is 14.4 Å². The van der Waals surface area contributed by atoms with E-state index in [-0.39, 0.29) is 18.4 Å². The highest BCUT2D eigenvalue weighted by atomic mass is 79.9. The van der Waals surface area contributed by atoms with Gasteiger partial charge in [-0.15, -0.1) is 0 Å². The first-order valence-corrected chi connectivity index (χ1v) is 13.2. The minimum atomic E-state index is -0.106. The monoisotopic (exact) mass is 537 g/mol. The minimum Gasteiger partial charge on any atom is -0.345 e. The summed E-state index contributed by atoms with van der Waals surface area (Å²) < 4.78 is 3.13. The lowest BCUT2D eigenvalue weighted by atomic mass is 10.1. The van der Waals surface area contributed by atoms with Gasteiger partial charge in [0.05, 0.1) is 6.54 Å². The van der Waals surface area contributed by atoms with Crippen LogP contribution in [0, 0.1) is 6.92 Å². The molecule has 0 aliphatic rings. The molecule has 0 aliphatic heterocycles. The maximum Gasteiger partial charge on any atom is 0.254 e. The molecule has 0 fully saturated rings. The van der Waals surface area contributed by atoms with Gasteiger partial charge in [-0.2, -0.15) is 0 Å². The quantitative estimate of drug-likeness (QED) is 0.272. The molecule has 0 saturated heterocycles. The highest BCUT2D eigenvalue weighted by Gasteiger charge is 2.22. The van der Waals surface area contributed by atoms with Crippen LogP contribution < -0.4 is 0 Å². The lowest BCUT2D eigenvalue weighted by Gasteiger charge is -2.28. The number of amides is 2. The van der Waals surface area contributed by atoms with Crippen LogP contribution >= 0.6 is 15.9 Å². The lowest BCUT2D eigenvalue weighted by Crippen LogP contribution is -2.43. The molecule has 0 aliphatic carbocycles. The lowest BCUT2D eigenvalue weighted by molar-refractivity contribution is -0.132. The van der Waals surface area contributed by atoms with E-state index in [0.717, 1.165) is 36.0 Å². The zero-order valence-electron chi connectivity index (χ0n) is 21.0. The van der Waals surface area contributed by atoms with Crippen molar-refractivity contribution in [3.8, 4) is 0 Å². The number of carbonyl (C=O) groups is 2. The molecule has 0 saturated carbocycles. The van der Waals surface area contributed by atoms with Crippen molar-refractivity contribution in [1.29, 1.82) is 0 Å². The van der Waals surface area contributed by atoms with Crippen molar-refractivity contribution in [2.45, 2.75) is 53.1 Å². The fourth-order valence-corrected chi connectivity index (χ4v) is 4.42. The molecule has 6 heteroatoms. The Bertz CT molecular complexity index is 1110. The number of hydrogen-bond donors (Lipinski definition) is 0. The van der Waals surface area contributed by atoms with E-state index in [1.807, 2.05) is 30.0 Å². The van der Waals surface area contributed by atoms with E-state index < -0.39 is 0 Å². The molecule has 0 N–H and O–H groups in total. The van der Waals surface area contributed by atoms with Gasteiger partial charge in [-0.25, -0.2) is 0 Å². The number of aryl methyl sites for hydroxylation is 1. The second-order valence-electron chi connectivity index (χ2n) is 9.02. The highest BCUT2D eigenvalue weighted by Crippen LogP contribution is 2.15. The van der Waals surface area contributed by atoms with Gasteiger partial charge in [-0.1, -0.05) is 66.0 Å². The van der Waals surface area contributed by atoms with Crippen molar-refractivity contribution < 1.29 is 9.59 Å². The predicted molar refractivity (Wildman–Crippen MR) is 145 cm³/mol. The summed E-state index contributed by atoms with van der Waals surface area (Å²) in [6.07, 6.45) is 4.80. The normalized spacial score (nSPS) is 10.9. The molecule has 0 bridgehead atoms. The summed E-state index contributed by atoms with van der Waals surface area (Å²) in [7, 11) is 0. The standard InChI is InChI=1S/C29H36BrN3O2/c1-4-6-17-32(21-27-11-8-18-31(27)20-24-10-7-9-23(3)19-24)28(34)22-33(16-5-2)29(35)25-12-14-26(30)15-13-25/h7-15,18-19H,4-6,16-17,20-22H2,1-3H3. The summed E-state index contributed by atoms with van der Waals surface area (Å²) in [5, 5.41) is 0. The number of halogens is 1. The highest BCUT2D eigenvalue weighted by molar-refractivity contribution is 9.10. The molecule has 1 heterocycles. The minimum absolute atomic E-state index is 0.0133. The molecule has 0 atom stereocenters. The van der Waals surface area contributed by atoms with Crippen LogP contribution in [-0.2, 0) is 17.9 Å². The Morgan fingerprint density at radius 3 is 2.37 bits per heavy atom. The van der Waals surface area contributed by atoms with Crippen LogP contribution in [0.4, 0.5) is 0 Å². The molecule has 0 unspecified atom stereocenters. The number of hydrogen-bond acceptors (Lipinski definition) is 2. The average Bonchev–Trinajstić information content (AvgIpc) is 3.27. The van der Waals surface area contributed by atoms with Crippen LogP contribution in [0.25, 0.3) is 0 Å². The fraction of sp³-hybridized carbons (Fsp3) is 0.379. The van der Waals surface area contributed by atoms with Gasteiger partial charge >= 0.3 is 0 Å². The topological polar surface area (TPSA) is 45.6 Å². The van der Waals surface area contributed by atoms with Crippen LogP contribution in [-0.4, -0.2) is 45.8 Å². The first kappa shape index (κ1) is 26.7. The third-order valence-electron chi connectivity index (χ3n) is 6.04. The molecule has 0 radical (unpaired) electrons. The van der Waals surface area contributed by atoms with Crippen molar-refractivity contribution in [2.75, 3.05) is 19.6 Å². The van der Waals surface area contributed by atoms with E-state index in [0.29, 0.717) is 25.2 Å². The van der Waals surface area contributed by atoms with Gasteiger partial charge in [-0.3, -0.25) is 9.59 Å². The second-order valence-corrected chi connectivity index (χ2v) is 9.93. The van der Waals surface area contributed by atoms with Gasteiger partial charge in [-0.05, 0) is 61.7 Å². The van der Waals surface area contributed by atoms with E-state index in [2.05, 4.69) is 70.9 Å². The maximum atomic E-state index is 13.5. The summed E-state index contributed by atoms with van der Waals surface area (Å²) in [4.78, 5) is 30.2. The fourth-order valence-electron chi connectivity index (χ4n) is 4.15. The number of carbonyl (C=O) groups excluding carboxylic acids is 2. The van der Waals surface area contributed by atoms with E-state index in [1.54, 1.807) is 17.0 Å². The first-order valence-electron chi connectivity index (χ1n) is 12.4. The molecule has 35 heavy (non-hydrogen) atoms. The number of rotatable bonds is 12. The molecule has 3 aromatic rings.